The Morgan fingerprint density at radius 2 is 1.97 bits per heavy atom. The summed E-state index contributed by atoms with van der Waals surface area (Å²) < 4.78 is 11.1. The normalized spacial score (nSPS) is 15.0. The first-order valence-corrected chi connectivity index (χ1v) is 11.5. The van der Waals surface area contributed by atoms with Crippen molar-refractivity contribution in [3.8, 4) is 5.75 Å². The van der Waals surface area contributed by atoms with Crippen LogP contribution in [0.15, 0.2) is 42.5 Å². The van der Waals surface area contributed by atoms with Gasteiger partial charge in [-0.05, 0) is 62.5 Å². The molecule has 4 N–H and O–H groups in total. The molecule has 1 amide bonds. The molecule has 1 aromatic heterocycles. The van der Waals surface area contributed by atoms with Crippen LogP contribution in [0.5, 0.6) is 5.75 Å². The molecule has 0 saturated carbocycles. The average molecular weight is 463 g/mol. The number of esters is 1. The van der Waals surface area contributed by atoms with Gasteiger partial charge in [0.2, 0.25) is 0 Å². The molecule has 0 aliphatic carbocycles. The van der Waals surface area contributed by atoms with Gasteiger partial charge in [-0.3, -0.25) is 10.5 Å². The second-order valence-electron chi connectivity index (χ2n) is 8.20. The van der Waals surface area contributed by atoms with E-state index >= 15 is 0 Å². The second kappa shape index (κ2) is 10.1. The highest BCUT2D eigenvalue weighted by Gasteiger charge is 2.30. The number of amides is 1. The van der Waals surface area contributed by atoms with E-state index in [-0.39, 0.29) is 5.91 Å². The number of hydrogen-bond donors (Lipinski definition) is 3. The molecule has 0 spiro atoms. The number of benzene rings is 2. The molecule has 0 bridgehead atoms. The number of carbonyl (C=O) groups is 2. The molecule has 1 unspecified atom stereocenters. The van der Waals surface area contributed by atoms with Crippen LogP contribution in [0, 0.1) is 0 Å². The summed E-state index contributed by atoms with van der Waals surface area (Å²) in [4.78, 5) is 30.9. The Labute approximate surface area is 198 Å². The zero-order valence-corrected chi connectivity index (χ0v) is 19.7. The van der Waals surface area contributed by atoms with Crippen LogP contribution in [0.2, 0.25) is 0 Å². The maximum atomic E-state index is 12.7. The molecule has 0 fully saturated rings. The van der Waals surface area contributed by atoms with Crippen molar-refractivity contribution < 1.29 is 19.1 Å². The van der Waals surface area contributed by atoms with Crippen LogP contribution in [-0.4, -0.2) is 54.2 Å². The summed E-state index contributed by atoms with van der Waals surface area (Å²) in [6, 6.07) is 12.9. The van der Waals surface area contributed by atoms with Gasteiger partial charge in [0.05, 0.1) is 11.1 Å². The van der Waals surface area contributed by atoms with Gasteiger partial charge in [-0.1, -0.05) is 19.9 Å². The van der Waals surface area contributed by atoms with Crippen molar-refractivity contribution in [1.82, 2.24) is 9.88 Å². The van der Waals surface area contributed by atoms with E-state index in [2.05, 4.69) is 29.0 Å². The van der Waals surface area contributed by atoms with Gasteiger partial charge in [0.25, 0.3) is 5.91 Å². The van der Waals surface area contributed by atoms with Crippen molar-refractivity contribution in [1.29, 1.82) is 0 Å². The zero-order valence-electron chi connectivity index (χ0n) is 19.7. The van der Waals surface area contributed by atoms with E-state index < -0.39 is 12.2 Å². The quantitative estimate of drug-likeness (QED) is 0.253. The number of aromatic nitrogens is 1. The number of fused-ring (bicyclic) bond motifs is 2. The summed E-state index contributed by atoms with van der Waals surface area (Å²) >= 11 is 0. The molecule has 8 heteroatoms. The molecule has 0 radical (unpaired) electrons. The summed E-state index contributed by atoms with van der Waals surface area (Å²) in [7, 11) is 0. The van der Waals surface area contributed by atoms with Crippen LogP contribution in [0.25, 0.3) is 22.6 Å². The minimum absolute atomic E-state index is 0.282. The van der Waals surface area contributed by atoms with Gasteiger partial charge in [-0.25, -0.2) is 4.79 Å². The number of H-pyrrole nitrogens is 1. The highest BCUT2D eigenvalue weighted by molar-refractivity contribution is 6.36. The van der Waals surface area contributed by atoms with Crippen LogP contribution in [0.1, 0.15) is 42.4 Å². The number of likely N-dealkylation sites (N-methyl/N-ethyl adjacent to an activating group) is 1. The Kier molecular flexibility index (Phi) is 7.00. The van der Waals surface area contributed by atoms with Gasteiger partial charge in [0.1, 0.15) is 18.6 Å². The monoisotopic (exact) mass is 462 g/mol. The molecule has 0 saturated heterocycles. The minimum Gasteiger partial charge on any atom is -0.492 e. The predicted molar refractivity (Wildman–Crippen MR) is 134 cm³/mol. The number of rotatable bonds is 9. The predicted octanol–water partition coefficient (Wildman–Crippen LogP) is 3.84. The van der Waals surface area contributed by atoms with Crippen molar-refractivity contribution in [2.45, 2.75) is 27.0 Å². The minimum atomic E-state index is -0.752. The van der Waals surface area contributed by atoms with Crippen LogP contribution >= 0.6 is 0 Å². The van der Waals surface area contributed by atoms with Crippen LogP contribution in [0.3, 0.4) is 0 Å². The van der Waals surface area contributed by atoms with Crippen molar-refractivity contribution in [2.75, 3.05) is 31.6 Å². The number of nitrogens with two attached hydrogens (primary N) is 1. The summed E-state index contributed by atoms with van der Waals surface area (Å²) in [5, 5.41) is 3.78. The molecule has 2 heterocycles. The third kappa shape index (κ3) is 4.98. The Balaban J connectivity index is 1.60. The van der Waals surface area contributed by atoms with Gasteiger partial charge >= 0.3 is 5.97 Å². The fourth-order valence-corrected chi connectivity index (χ4v) is 4.08. The third-order valence-electron chi connectivity index (χ3n) is 5.82. The van der Waals surface area contributed by atoms with E-state index in [1.165, 1.54) is 0 Å². The molecule has 1 aliphatic rings. The lowest BCUT2D eigenvalue weighted by atomic mass is 9.99. The number of hydrogen-bond acceptors (Lipinski definition) is 6. The first kappa shape index (κ1) is 23.5. The van der Waals surface area contributed by atoms with Crippen molar-refractivity contribution in [3.63, 3.8) is 0 Å². The second-order valence-corrected chi connectivity index (χ2v) is 8.20. The molecule has 8 nitrogen and oxygen atoms in total. The maximum Gasteiger partial charge on any atom is 0.340 e. The topological polar surface area (TPSA) is 110 Å². The standard InChI is InChI=1S/C26H30N4O4/c1-4-30(5-2)11-12-33-19-9-10-22-17(14-19)13-18(28-22)15-21-24-20(26(32)34-16(3)27)7-6-8-23(24)29-25(21)31/h6-10,13-16,28H,4-5,11-12,27H2,1-3H3,(H,29,31). The van der Waals surface area contributed by atoms with Crippen LogP contribution in [-0.2, 0) is 9.53 Å². The van der Waals surface area contributed by atoms with Gasteiger partial charge in [0, 0.05) is 34.4 Å². The molecular weight excluding hydrogens is 432 g/mol. The first-order chi connectivity index (χ1) is 16.4. The smallest absolute Gasteiger partial charge is 0.340 e. The lowest BCUT2D eigenvalue weighted by Crippen LogP contribution is -2.27. The van der Waals surface area contributed by atoms with E-state index in [9.17, 15) is 9.59 Å². The Morgan fingerprint density at radius 3 is 2.71 bits per heavy atom. The lowest BCUT2D eigenvalue weighted by molar-refractivity contribution is -0.110. The molecule has 1 aliphatic heterocycles. The summed E-state index contributed by atoms with van der Waals surface area (Å²) in [6.45, 7) is 9.33. The number of nitrogens with one attached hydrogen (secondary N) is 2. The molecule has 3 aromatic rings. The lowest BCUT2D eigenvalue weighted by Gasteiger charge is -2.17. The van der Waals surface area contributed by atoms with Crippen LogP contribution < -0.4 is 15.8 Å². The molecule has 34 heavy (non-hydrogen) atoms. The van der Waals surface area contributed by atoms with Crippen molar-refractivity contribution in [2.24, 2.45) is 5.73 Å². The van der Waals surface area contributed by atoms with E-state index in [0.29, 0.717) is 29.0 Å². The third-order valence-corrected chi connectivity index (χ3v) is 5.82. The molecule has 2 aromatic carbocycles. The molecular formula is C26H30N4O4. The molecule has 1 atom stereocenters. The number of carbonyl (C=O) groups excluding carboxylic acids is 2. The van der Waals surface area contributed by atoms with Gasteiger partial charge in [-0.15, -0.1) is 0 Å². The number of nitrogens with zero attached hydrogens (tertiary/aromatic N) is 1. The largest absolute Gasteiger partial charge is 0.492 e. The fraction of sp³-hybridized carbons (Fsp3) is 0.308. The summed E-state index contributed by atoms with van der Waals surface area (Å²) in [5.74, 6) is -0.0599. The van der Waals surface area contributed by atoms with Gasteiger partial charge < -0.3 is 24.7 Å². The number of aromatic amines is 1. The Morgan fingerprint density at radius 1 is 1.18 bits per heavy atom. The highest BCUT2D eigenvalue weighted by atomic mass is 16.6. The van der Waals surface area contributed by atoms with E-state index in [4.69, 9.17) is 15.2 Å². The molecule has 178 valence electrons. The summed E-state index contributed by atoms with van der Waals surface area (Å²) in [5.41, 5.74) is 9.03. The zero-order chi connectivity index (χ0) is 24.2. The van der Waals surface area contributed by atoms with Gasteiger partial charge in [0.15, 0.2) is 0 Å². The Hall–Kier alpha value is -3.62. The SMILES string of the molecule is CCN(CC)CCOc1ccc2[nH]c(C=C3C(=O)Nc4cccc(C(=O)OC(C)N)c43)cc2c1. The first-order valence-electron chi connectivity index (χ1n) is 11.5. The highest BCUT2D eigenvalue weighted by Crippen LogP contribution is 2.36. The van der Waals surface area contributed by atoms with Gasteiger partial charge in [-0.2, -0.15) is 0 Å². The fourth-order valence-electron chi connectivity index (χ4n) is 4.08. The number of anilines is 1. The summed E-state index contributed by atoms with van der Waals surface area (Å²) in [6.07, 6.45) is 0.989. The Bertz CT molecular complexity index is 1240. The number of ether oxygens (including phenoxy) is 2. The van der Waals surface area contributed by atoms with Crippen molar-refractivity contribution in [3.05, 3.63) is 59.3 Å². The van der Waals surface area contributed by atoms with Crippen molar-refractivity contribution >= 4 is 40.1 Å². The van der Waals surface area contributed by atoms with E-state index in [1.807, 2.05) is 24.3 Å². The maximum absolute atomic E-state index is 12.7. The average Bonchev–Trinajstić information content (AvgIpc) is 3.35. The van der Waals surface area contributed by atoms with E-state index in [0.717, 1.165) is 42.0 Å². The van der Waals surface area contributed by atoms with Crippen LogP contribution in [0.4, 0.5) is 5.69 Å². The van der Waals surface area contributed by atoms with E-state index in [1.54, 1.807) is 31.2 Å². The molecule has 4 rings (SSSR count).